The fraction of sp³-hybridized carbons (Fsp3) is 0.615. The van der Waals surface area contributed by atoms with E-state index in [1.807, 2.05) is 6.92 Å². The van der Waals surface area contributed by atoms with Crippen molar-refractivity contribution >= 4 is 17.3 Å². The predicted molar refractivity (Wildman–Crippen MR) is 79.1 cm³/mol. The van der Waals surface area contributed by atoms with Crippen LogP contribution in [0.1, 0.15) is 34.1 Å². The number of hydrogen-bond donors (Lipinski definition) is 3. The third kappa shape index (κ3) is 4.06. The molecule has 0 radical (unpaired) electrons. The van der Waals surface area contributed by atoms with Crippen LogP contribution in [0.4, 0.5) is 17.3 Å². The minimum Gasteiger partial charge on any atom is -0.391 e. The van der Waals surface area contributed by atoms with Crippen molar-refractivity contribution in [3.8, 4) is 0 Å². The van der Waals surface area contributed by atoms with Crippen LogP contribution in [0.3, 0.4) is 0 Å². The summed E-state index contributed by atoms with van der Waals surface area (Å²) in [5, 5.41) is 26.8. The van der Waals surface area contributed by atoms with Gasteiger partial charge >= 0.3 is 5.69 Å². The zero-order valence-corrected chi connectivity index (χ0v) is 12.3. The second kappa shape index (κ2) is 6.51. The topological polar surface area (TPSA) is 100 Å². The lowest BCUT2D eigenvalue weighted by atomic mass is 9.99. The molecule has 7 nitrogen and oxygen atoms in total. The highest BCUT2D eigenvalue weighted by Crippen LogP contribution is 2.27. The molecule has 1 aromatic rings. The van der Waals surface area contributed by atoms with E-state index in [4.69, 9.17) is 0 Å². The first-order chi connectivity index (χ1) is 9.27. The quantitative estimate of drug-likeness (QED) is 0.524. The first-order valence-electron chi connectivity index (χ1n) is 6.63. The van der Waals surface area contributed by atoms with Crippen LogP contribution in [0.2, 0.25) is 0 Å². The molecule has 0 aliphatic rings. The van der Waals surface area contributed by atoms with Gasteiger partial charge in [-0.2, -0.15) is 0 Å². The van der Waals surface area contributed by atoms with E-state index in [2.05, 4.69) is 15.6 Å². The molecule has 20 heavy (non-hydrogen) atoms. The zero-order chi connectivity index (χ0) is 15.3. The molecule has 7 heteroatoms. The highest BCUT2D eigenvalue weighted by atomic mass is 16.6. The van der Waals surface area contributed by atoms with Gasteiger partial charge in [0.15, 0.2) is 0 Å². The molecule has 1 unspecified atom stereocenters. The molecule has 1 aromatic heterocycles. The van der Waals surface area contributed by atoms with Gasteiger partial charge in [0.05, 0.1) is 16.6 Å². The van der Waals surface area contributed by atoms with Gasteiger partial charge in [0.25, 0.3) is 0 Å². The van der Waals surface area contributed by atoms with E-state index >= 15 is 0 Å². The summed E-state index contributed by atoms with van der Waals surface area (Å²) in [7, 11) is 0. The summed E-state index contributed by atoms with van der Waals surface area (Å²) in [4.78, 5) is 14.8. The number of nitro groups is 1. The number of pyridine rings is 1. The lowest BCUT2D eigenvalue weighted by molar-refractivity contribution is -0.384. The molecule has 0 fully saturated rings. The van der Waals surface area contributed by atoms with E-state index in [0.29, 0.717) is 5.82 Å². The van der Waals surface area contributed by atoms with Gasteiger partial charge in [-0.1, -0.05) is 6.92 Å². The van der Waals surface area contributed by atoms with Crippen molar-refractivity contribution in [3.05, 3.63) is 22.2 Å². The van der Waals surface area contributed by atoms with Gasteiger partial charge in [0.1, 0.15) is 5.82 Å². The Morgan fingerprint density at radius 3 is 2.65 bits per heavy atom. The minimum atomic E-state index is -0.721. The van der Waals surface area contributed by atoms with Gasteiger partial charge in [0, 0.05) is 12.6 Å². The Kier molecular flexibility index (Phi) is 5.26. The van der Waals surface area contributed by atoms with Crippen molar-refractivity contribution < 1.29 is 10.0 Å². The molecule has 0 aliphatic heterocycles. The van der Waals surface area contributed by atoms with Gasteiger partial charge in [-0.25, -0.2) is 4.98 Å². The smallest absolute Gasteiger partial charge is 0.311 e. The van der Waals surface area contributed by atoms with Crippen molar-refractivity contribution in [2.24, 2.45) is 0 Å². The number of nitrogens with one attached hydrogen (secondary N) is 2. The van der Waals surface area contributed by atoms with E-state index in [0.717, 1.165) is 13.0 Å². The van der Waals surface area contributed by atoms with E-state index in [1.165, 1.54) is 6.07 Å². The Balaban J connectivity index is 3.09. The summed E-state index contributed by atoms with van der Waals surface area (Å²) in [6.45, 7) is 7.90. The lowest BCUT2D eigenvalue weighted by Gasteiger charge is -2.29. The maximum absolute atomic E-state index is 11.0. The van der Waals surface area contributed by atoms with Crippen LogP contribution in [0, 0.1) is 10.1 Å². The third-order valence-corrected chi connectivity index (χ3v) is 3.11. The molecule has 0 saturated carbocycles. The van der Waals surface area contributed by atoms with E-state index in [-0.39, 0.29) is 11.5 Å². The first-order valence-corrected chi connectivity index (χ1v) is 6.63. The normalized spacial score (nSPS) is 12.8. The van der Waals surface area contributed by atoms with Gasteiger partial charge < -0.3 is 15.7 Å². The summed E-state index contributed by atoms with van der Waals surface area (Å²) in [5.74, 6) is 0.725. The molecule has 112 valence electrons. The average molecular weight is 282 g/mol. The van der Waals surface area contributed by atoms with Crippen LogP contribution in [0.15, 0.2) is 12.1 Å². The van der Waals surface area contributed by atoms with Crippen molar-refractivity contribution in [1.29, 1.82) is 0 Å². The van der Waals surface area contributed by atoms with Crippen LogP contribution in [-0.4, -0.2) is 33.2 Å². The summed E-state index contributed by atoms with van der Waals surface area (Å²) >= 11 is 0. The summed E-state index contributed by atoms with van der Waals surface area (Å²) < 4.78 is 0. The monoisotopic (exact) mass is 282 g/mol. The number of rotatable bonds is 7. The Labute approximate surface area is 118 Å². The molecule has 1 rings (SSSR count). The van der Waals surface area contributed by atoms with Crippen LogP contribution in [0.25, 0.3) is 0 Å². The molecule has 3 N–H and O–H groups in total. The molecule has 0 aliphatic carbocycles. The lowest BCUT2D eigenvalue weighted by Crippen LogP contribution is -2.42. The maximum atomic E-state index is 11.0. The first kappa shape index (κ1) is 16.2. The number of aliphatic hydroxyl groups excluding tert-OH is 1. The standard InChI is InChI=1S/C13H22N4O3/c1-5-8-14-11-7-6-10(17(19)20)12(15-11)16-13(3,4)9(2)18/h6-7,9,18H,5,8H2,1-4H3,(H2,14,15,16). The fourth-order valence-electron chi connectivity index (χ4n) is 1.45. The van der Waals surface area contributed by atoms with Crippen molar-refractivity contribution in [2.45, 2.75) is 45.8 Å². The Morgan fingerprint density at radius 2 is 2.15 bits per heavy atom. The minimum absolute atomic E-state index is 0.110. The van der Waals surface area contributed by atoms with Gasteiger partial charge in [-0.3, -0.25) is 10.1 Å². The molecule has 0 amide bonds. The predicted octanol–water partition coefficient (Wildman–Crippen LogP) is 2.38. The van der Waals surface area contributed by atoms with Crippen LogP contribution in [-0.2, 0) is 0 Å². The Morgan fingerprint density at radius 1 is 1.50 bits per heavy atom. The fourth-order valence-corrected chi connectivity index (χ4v) is 1.45. The summed E-state index contributed by atoms with van der Waals surface area (Å²) in [5.41, 5.74) is -0.831. The SMILES string of the molecule is CCCNc1ccc([N+](=O)[O-])c(NC(C)(C)C(C)O)n1. The molecule has 0 bridgehead atoms. The second-order valence-corrected chi connectivity index (χ2v) is 5.27. The highest BCUT2D eigenvalue weighted by molar-refractivity contribution is 5.61. The molecule has 1 heterocycles. The maximum Gasteiger partial charge on any atom is 0.311 e. The number of aromatic nitrogens is 1. The van der Waals surface area contributed by atoms with Crippen molar-refractivity contribution in [2.75, 3.05) is 17.2 Å². The average Bonchev–Trinajstić information content (AvgIpc) is 2.35. The van der Waals surface area contributed by atoms with Gasteiger partial charge in [-0.05, 0) is 33.3 Å². The Bertz CT molecular complexity index is 475. The number of nitrogens with zero attached hydrogens (tertiary/aromatic N) is 2. The summed E-state index contributed by atoms with van der Waals surface area (Å²) in [6.07, 6.45) is 0.247. The van der Waals surface area contributed by atoms with Crippen LogP contribution in [0.5, 0.6) is 0 Å². The van der Waals surface area contributed by atoms with E-state index in [9.17, 15) is 15.2 Å². The Hall–Kier alpha value is -1.89. The molecule has 0 spiro atoms. The van der Waals surface area contributed by atoms with Gasteiger partial charge in [0.2, 0.25) is 5.82 Å². The molecular weight excluding hydrogens is 260 g/mol. The third-order valence-electron chi connectivity index (χ3n) is 3.11. The molecule has 0 saturated heterocycles. The van der Waals surface area contributed by atoms with Crippen LogP contribution < -0.4 is 10.6 Å². The molecular formula is C13H22N4O3. The molecule has 0 aromatic carbocycles. The summed E-state index contributed by atoms with van der Waals surface area (Å²) in [6, 6.07) is 2.99. The highest BCUT2D eigenvalue weighted by Gasteiger charge is 2.28. The van der Waals surface area contributed by atoms with Crippen LogP contribution >= 0.6 is 0 Å². The van der Waals surface area contributed by atoms with Gasteiger partial charge in [-0.15, -0.1) is 0 Å². The number of hydrogen-bond acceptors (Lipinski definition) is 6. The largest absolute Gasteiger partial charge is 0.391 e. The second-order valence-electron chi connectivity index (χ2n) is 5.27. The molecule has 1 atom stereocenters. The van der Waals surface area contributed by atoms with Crippen molar-refractivity contribution in [3.63, 3.8) is 0 Å². The number of anilines is 2. The number of aliphatic hydroxyl groups is 1. The zero-order valence-electron chi connectivity index (χ0n) is 12.3. The van der Waals surface area contributed by atoms with E-state index in [1.54, 1.807) is 26.8 Å². The van der Waals surface area contributed by atoms with Crippen molar-refractivity contribution in [1.82, 2.24) is 4.98 Å². The van der Waals surface area contributed by atoms with E-state index < -0.39 is 16.6 Å².